The van der Waals surface area contributed by atoms with Crippen LogP contribution in [-0.4, -0.2) is 57.1 Å². The summed E-state index contributed by atoms with van der Waals surface area (Å²) in [6, 6.07) is 12.0. The molecule has 9 heteroatoms. The summed E-state index contributed by atoms with van der Waals surface area (Å²) < 4.78 is 32.1. The van der Waals surface area contributed by atoms with E-state index in [0.29, 0.717) is 12.2 Å². The third-order valence-corrected chi connectivity index (χ3v) is 7.27. The van der Waals surface area contributed by atoms with Crippen LogP contribution in [0.3, 0.4) is 0 Å². The van der Waals surface area contributed by atoms with Gasteiger partial charge in [0, 0.05) is 12.6 Å². The molecule has 36 heavy (non-hydrogen) atoms. The summed E-state index contributed by atoms with van der Waals surface area (Å²) in [5, 5.41) is 2.97. The number of hydrogen-bond donors (Lipinski definition) is 1. The standard InChI is InChI=1S/C27H39N3O5S/c1-8-21(5)28-27(32)23(9-2)29(17-22-13-10-19(3)11-14-22)26(31)18-30(36(7,33)34)24-16-20(4)12-15-25(24)35-6/h10-16,21,23H,8-9,17-18H2,1-7H3,(H,28,32)/t21-,23-/m1/s1. The van der Waals surface area contributed by atoms with Gasteiger partial charge < -0.3 is 15.0 Å². The average Bonchev–Trinajstić information content (AvgIpc) is 2.82. The van der Waals surface area contributed by atoms with Gasteiger partial charge in [-0.15, -0.1) is 0 Å². The fourth-order valence-corrected chi connectivity index (χ4v) is 4.69. The fourth-order valence-electron chi connectivity index (χ4n) is 3.84. The molecule has 0 bridgehead atoms. The van der Waals surface area contributed by atoms with Crippen LogP contribution in [0, 0.1) is 13.8 Å². The highest BCUT2D eigenvalue weighted by molar-refractivity contribution is 7.92. The van der Waals surface area contributed by atoms with Gasteiger partial charge >= 0.3 is 0 Å². The van der Waals surface area contributed by atoms with Gasteiger partial charge in [-0.1, -0.05) is 49.7 Å². The van der Waals surface area contributed by atoms with Gasteiger partial charge in [-0.25, -0.2) is 8.42 Å². The lowest BCUT2D eigenvalue weighted by atomic mass is 10.1. The number of carbonyl (C=O) groups excluding carboxylic acids is 2. The Balaban J connectivity index is 2.50. The van der Waals surface area contributed by atoms with Crippen molar-refractivity contribution in [2.45, 2.75) is 66.1 Å². The molecule has 0 fully saturated rings. The first-order valence-electron chi connectivity index (χ1n) is 12.2. The highest BCUT2D eigenvalue weighted by atomic mass is 32.2. The van der Waals surface area contributed by atoms with E-state index < -0.39 is 28.5 Å². The molecule has 0 radical (unpaired) electrons. The minimum absolute atomic E-state index is 0.0491. The van der Waals surface area contributed by atoms with Crippen LogP contribution in [0.5, 0.6) is 5.75 Å². The summed E-state index contributed by atoms with van der Waals surface area (Å²) in [6.07, 6.45) is 2.19. The normalized spacial score (nSPS) is 13.0. The van der Waals surface area contributed by atoms with Crippen LogP contribution >= 0.6 is 0 Å². The van der Waals surface area contributed by atoms with Crippen molar-refractivity contribution in [3.63, 3.8) is 0 Å². The summed E-state index contributed by atoms with van der Waals surface area (Å²) in [4.78, 5) is 28.4. The number of benzene rings is 2. The van der Waals surface area contributed by atoms with Gasteiger partial charge in [0.25, 0.3) is 0 Å². The number of nitrogens with zero attached hydrogens (tertiary/aromatic N) is 2. The number of anilines is 1. The van der Waals surface area contributed by atoms with Crippen molar-refractivity contribution >= 4 is 27.5 Å². The van der Waals surface area contributed by atoms with Crippen LogP contribution in [0.1, 0.15) is 50.3 Å². The third kappa shape index (κ3) is 7.71. The second-order valence-corrected chi connectivity index (χ2v) is 11.1. The average molecular weight is 518 g/mol. The number of ether oxygens (including phenoxy) is 1. The Kier molecular flexibility index (Phi) is 10.3. The molecule has 198 valence electrons. The third-order valence-electron chi connectivity index (χ3n) is 6.14. The Hall–Kier alpha value is -3.07. The van der Waals surface area contributed by atoms with E-state index in [9.17, 15) is 18.0 Å². The molecule has 2 aromatic rings. The maximum Gasteiger partial charge on any atom is 0.244 e. The molecule has 1 N–H and O–H groups in total. The van der Waals surface area contributed by atoms with Gasteiger partial charge in [0.1, 0.15) is 18.3 Å². The second-order valence-electron chi connectivity index (χ2n) is 9.19. The number of amides is 2. The minimum Gasteiger partial charge on any atom is -0.495 e. The fraction of sp³-hybridized carbons (Fsp3) is 0.481. The molecule has 0 aliphatic rings. The summed E-state index contributed by atoms with van der Waals surface area (Å²) in [6.45, 7) is 9.24. The van der Waals surface area contributed by atoms with E-state index >= 15 is 0 Å². The number of rotatable bonds is 12. The van der Waals surface area contributed by atoms with Gasteiger partial charge in [-0.3, -0.25) is 13.9 Å². The van der Waals surface area contributed by atoms with Crippen molar-refractivity contribution in [3.05, 3.63) is 59.2 Å². The first-order chi connectivity index (χ1) is 16.9. The Bertz CT molecular complexity index is 1150. The van der Waals surface area contributed by atoms with E-state index in [1.165, 1.54) is 12.0 Å². The van der Waals surface area contributed by atoms with Gasteiger partial charge in [0.2, 0.25) is 21.8 Å². The molecule has 2 amide bonds. The monoisotopic (exact) mass is 517 g/mol. The zero-order valence-electron chi connectivity index (χ0n) is 22.4. The van der Waals surface area contributed by atoms with E-state index in [1.54, 1.807) is 18.2 Å². The smallest absolute Gasteiger partial charge is 0.244 e. The van der Waals surface area contributed by atoms with Crippen LogP contribution in [0.25, 0.3) is 0 Å². The van der Waals surface area contributed by atoms with Crippen molar-refractivity contribution in [2.24, 2.45) is 0 Å². The molecule has 0 saturated carbocycles. The molecule has 0 aliphatic heterocycles. The Morgan fingerprint density at radius 3 is 2.14 bits per heavy atom. The van der Waals surface area contributed by atoms with E-state index in [2.05, 4.69) is 5.32 Å². The highest BCUT2D eigenvalue weighted by Crippen LogP contribution is 2.31. The van der Waals surface area contributed by atoms with E-state index in [4.69, 9.17) is 4.74 Å². The van der Waals surface area contributed by atoms with Crippen molar-refractivity contribution in [1.82, 2.24) is 10.2 Å². The van der Waals surface area contributed by atoms with Gasteiger partial charge in [0.15, 0.2) is 0 Å². The molecule has 0 spiro atoms. The maximum atomic E-state index is 13.8. The number of methoxy groups -OCH3 is 1. The molecule has 2 atom stereocenters. The SMILES string of the molecule is CC[C@@H](C)NC(=O)[C@@H](CC)N(Cc1ccc(C)cc1)C(=O)CN(c1cc(C)ccc1OC)S(C)(=O)=O. The molecule has 0 heterocycles. The molecule has 2 aromatic carbocycles. The molecule has 0 aliphatic carbocycles. The highest BCUT2D eigenvalue weighted by Gasteiger charge is 2.33. The largest absolute Gasteiger partial charge is 0.495 e. The lowest BCUT2D eigenvalue weighted by Gasteiger charge is -2.33. The predicted molar refractivity (Wildman–Crippen MR) is 144 cm³/mol. The van der Waals surface area contributed by atoms with E-state index in [-0.39, 0.29) is 24.2 Å². The first-order valence-corrected chi connectivity index (χ1v) is 14.0. The van der Waals surface area contributed by atoms with Crippen molar-refractivity contribution < 1.29 is 22.7 Å². The number of nitrogens with one attached hydrogen (secondary N) is 1. The quantitative estimate of drug-likeness (QED) is 0.462. The number of aryl methyl sites for hydroxylation is 2. The van der Waals surface area contributed by atoms with Crippen molar-refractivity contribution in [3.8, 4) is 5.75 Å². The van der Waals surface area contributed by atoms with Gasteiger partial charge in [-0.2, -0.15) is 0 Å². The summed E-state index contributed by atoms with van der Waals surface area (Å²) in [7, 11) is -2.39. The minimum atomic E-state index is -3.84. The number of carbonyl (C=O) groups is 2. The topological polar surface area (TPSA) is 96.0 Å². The molecular formula is C27H39N3O5S. The van der Waals surface area contributed by atoms with Crippen LogP contribution in [-0.2, 0) is 26.2 Å². The lowest BCUT2D eigenvalue weighted by Crippen LogP contribution is -2.53. The van der Waals surface area contributed by atoms with Gasteiger partial charge in [0.05, 0.1) is 19.1 Å². The molecular weight excluding hydrogens is 478 g/mol. The molecule has 0 unspecified atom stereocenters. The van der Waals surface area contributed by atoms with Crippen LogP contribution in [0.2, 0.25) is 0 Å². The number of sulfonamides is 1. The zero-order chi connectivity index (χ0) is 27.0. The van der Waals surface area contributed by atoms with Crippen molar-refractivity contribution in [1.29, 1.82) is 0 Å². The first kappa shape index (κ1) is 29.2. The molecule has 0 saturated heterocycles. The Morgan fingerprint density at radius 1 is 1.00 bits per heavy atom. The van der Waals surface area contributed by atoms with Crippen molar-refractivity contribution in [2.75, 3.05) is 24.2 Å². The van der Waals surface area contributed by atoms with Crippen LogP contribution in [0.15, 0.2) is 42.5 Å². The summed E-state index contributed by atoms with van der Waals surface area (Å²) in [5.74, 6) is -0.396. The van der Waals surface area contributed by atoms with Gasteiger partial charge in [-0.05, 0) is 56.9 Å². The lowest BCUT2D eigenvalue weighted by molar-refractivity contribution is -0.140. The Labute approximate surface area is 215 Å². The molecule has 8 nitrogen and oxygen atoms in total. The predicted octanol–water partition coefficient (Wildman–Crippen LogP) is 3.80. The zero-order valence-corrected chi connectivity index (χ0v) is 23.2. The summed E-state index contributed by atoms with van der Waals surface area (Å²) >= 11 is 0. The van der Waals surface area contributed by atoms with E-state index in [1.807, 2.05) is 58.9 Å². The van der Waals surface area contributed by atoms with E-state index in [0.717, 1.165) is 33.7 Å². The molecule has 2 rings (SSSR count). The maximum absolute atomic E-state index is 13.8. The number of hydrogen-bond acceptors (Lipinski definition) is 5. The van der Waals surface area contributed by atoms with Crippen LogP contribution < -0.4 is 14.4 Å². The Morgan fingerprint density at radius 2 is 1.61 bits per heavy atom. The molecule has 0 aromatic heterocycles. The summed E-state index contributed by atoms with van der Waals surface area (Å²) in [5.41, 5.74) is 3.03. The second kappa shape index (κ2) is 12.8. The van der Waals surface area contributed by atoms with Crippen LogP contribution in [0.4, 0.5) is 5.69 Å².